The minimum absolute atomic E-state index is 0.0140. The molecule has 0 amide bonds. The van der Waals surface area contributed by atoms with Crippen molar-refractivity contribution in [3.8, 4) is 0 Å². The Balaban J connectivity index is 2.08. The summed E-state index contributed by atoms with van der Waals surface area (Å²) in [6.45, 7) is -0.0140. The number of carbonyl (C=O) groups excluding carboxylic acids is 1. The molecule has 2 aliphatic rings. The number of esters is 1. The van der Waals surface area contributed by atoms with Gasteiger partial charge >= 0.3 is 5.97 Å². The van der Waals surface area contributed by atoms with E-state index in [1.54, 1.807) is 0 Å². The van der Waals surface area contributed by atoms with Gasteiger partial charge in [-0.05, 0) is 6.42 Å². The quantitative estimate of drug-likeness (QED) is 0.551. The Morgan fingerprint density at radius 1 is 1.54 bits per heavy atom. The molecule has 2 rings (SSSR count). The first-order chi connectivity index (χ1) is 6.22. The zero-order valence-electron chi connectivity index (χ0n) is 7.35. The Bertz CT molecular complexity index is 216. The van der Waals surface area contributed by atoms with Gasteiger partial charge in [-0.3, -0.25) is 4.79 Å². The van der Waals surface area contributed by atoms with Gasteiger partial charge in [-0.15, -0.1) is 0 Å². The average Bonchev–Trinajstić information content (AvgIpc) is 2.39. The van der Waals surface area contributed by atoms with Crippen LogP contribution in [0.1, 0.15) is 19.3 Å². The Hall–Kier alpha value is -0.610. The largest absolute Gasteiger partial charge is 0.462 e. The van der Waals surface area contributed by atoms with Gasteiger partial charge < -0.3 is 14.9 Å². The van der Waals surface area contributed by atoms with Crippen LogP contribution >= 0.6 is 0 Å². The zero-order chi connectivity index (χ0) is 9.42. The molecular formula is C9H14O4. The van der Waals surface area contributed by atoms with Crippen LogP contribution < -0.4 is 0 Å². The molecule has 0 aromatic carbocycles. The van der Waals surface area contributed by atoms with Gasteiger partial charge in [0.2, 0.25) is 0 Å². The molecule has 0 aromatic rings. The van der Waals surface area contributed by atoms with E-state index in [9.17, 15) is 9.90 Å². The maximum atomic E-state index is 10.9. The number of hydrogen-bond acceptors (Lipinski definition) is 4. The lowest BCUT2D eigenvalue weighted by Crippen LogP contribution is -2.32. The van der Waals surface area contributed by atoms with E-state index in [-0.39, 0.29) is 30.5 Å². The van der Waals surface area contributed by atoms with Gasteiger partial charge in [-0.1, -0.05) is 0 Å². The fraction of sp³-hybridized carbons (Fsp3) is 0.889. The maximum absolute atomic E-state index is 10.9. The molecule has 1 saturated heterocycles. The van der Waals surface area contributed by atoms with Crippen molar-refractivity contribution in [2.45, 2.75) is 31.5 Å². The molecule has 13 heavy (non-hydrogen) atoms. The number of hydrogen-bond donors (Lipinski definition) is 2. The molecule has 2 fully saturated rings. The Morgan fingerprint density at radius 3 is 3.00 bits per heavy atom. The van der Waals surface area contributed by atoms with Crippen LogP contribution in [0.3, 0.4) is 0 Å². The maximum Gasteiger partial charge on any atom is 0.306 e. The van der Waals surface area contributed by atoms with E-state index in [1.807, 2.05) is 0 Å². The fourth-order valence-corrected chi connectivity index (χ4v) is 2.45. The van der Waals surface area contributed by atoms with Gasteiger partial charge in [0, 0.05) is 31.3 Å². The van der Waals surface area contributed by atoms with Crippen LogP contribution in [0, 0.1) is 11.8 Å². The monoisotopic (exact) mass is 186 g/mol. The lowest BCUT2D eigenvalue weighted by molar-refractivity contribution is -0.157. The van der Waals surface area contributed by atoms with Gasteiger partial charge in [0.15, 0.2) is 0 Å². The highest BCUT2D eigenvalue weighted by atomic mass is 16.5. The molecular weight excluding hydrogens is 172 g/mol. The summed E-state index contributed by atoms with van der Waals surface area (Å²) in [6.07, 6.45) is 0.983. The number of aliphatic hydroxyl groups is 2. The molecule has 0 spiro atoms. The van der Waals surface area contributed by atoms with Crippen molar-refractivity contribution in [2.24, 2.45) is 11.8 Å². The summed E-state index contributed by atoms with van der Waals surface area (Å²) in [5, 5.41) is 18.6. The first-order valence-electron chi connectivity index (χ1n) is 4.70. The lowest BCUT2D eigenvalue weighted by Gasteiger charge is -2.27. The fourth-order valence-electron chi connectivity index (χ4n) is 2.45. The molecule has 0 radical (unpaired) electrons. The lowest BCUT2D eigenvalue weighted by atomic mass is 9.88. The second kappa shape index (κ2) is 3.27. The summed E-state index contributed by atoms with van der Waals surface area (Å²) in [5.74, 6) is -0.108. The Kier molecular flexibility index (Phi) is 2.26. The number of aliphatic hydroxyl groups excluding tert-OH is 2. The Morgan fingerprint density at radius 2 is 2.31 bits per heavy atom. The van der Waals surface area contributed by atoms with E-state index in [2.05, 4.69) is 0 Å². The molecule has 0 bridgehead atoms. The molecule has 4 atom stereocenters. The second-order valence-corrected chi connectivity index (χ2v) is 3.88. The van der Waals surface area contributed by atoms with E-state index in [0.29, 0.717) is 12.8 Å². The SMILES string of the molecule is O=C1CC[C@H]2[C@H](CO)[C@@H](O)C[C@H]2O1. The van der Waals surface area contributed by atoms with Crippen LogP contribution in [0.5, 0.6) is 0 Å². The zero-order valence-corrected chi connectivity index (χ0v) is 7.35. The van der Waals surface area contributed by atoms with E-state index in [1.165, 1.54) is 0 Å². The first kappa shape index (κ1) is 8.97. The standard InChI is InChI=1S/C9H14O4/c10-4-6-5-1-2-9(12)13-8(5)3-7(6)11/h5-8,10-11H,1-4H2/t5-,6-,7-,8+/m0/s1. The minimum atomic E-state index is -0.508. The van der Waals surface area contributed by atoms with Crippen LogP contribution in [-0.2, 0) is 9.53 Å². The summed E-state index contributed by atoms with van der Waals surface area (Å²) in [4.78, 5) is 10.9. The summed E-state index contributed by atoms with van der Waals surface area (Å²) < 4.78 is 5.10. The molecule has 2 N–H and O–H groups in total. The average molecular weight is 186 g/mol. The van der Waals surface area contributed by atoms with E-state index < -0.39 is 6.10 Å². The summed E-state index contributed by atoms with van der Waals surface area (Å²) in [7, 11) is 0. The van der Waals surface area contributed by atoms with Gasteiger partial charge in [-0.25, -0.2) is 0 Å². The molecule has 4 heteroatoms. The van der Waals surface area contributed by atoms with Gasteiger partial charge in [0.25, 0.3) is 0 Å². The first-order valence-corrected chi connectivity index (χ1v) is 4.70. The van der Waals surface area contributed by atoms with Crippen LogP contribution in [0.4, 0.5) is 0 Å². The summed E-state index contributed by atoms with van der Waals surface area (Å²) in [6, 6.07) is 0. The third-order valence-electron chi connectivity index (χ3n) is 3.17. The summed E-state index contributed by atoms with van der Waals surface area (Å²) >= 11 is 0. The van der Waals surface area contributed by atoms with Crippen LogP contribution in [0.25, 0.3) is 0 Å². The van der Waals surface area contributed by atoms with Crippen molar-refractivity contribution in [3.05, 3.63) is 0 Å². The van der Waals surface area contributed by atoms with Crippen molar-refractivity contribution in [3.63, 3.8) is 0 Å². The summed E-state index contributed by atoms with van der Waals surface area (Å²) in [5.41, 5.74) is 0. The smallest absolute Gasteiger partial charge is 0.306 e. The highest BCUT2D eigenvalue weighted by molar-refractivity contribution is 5.70. The van der Waals surface area contributed by atoms with Crippen molar-refractivity contribution in [1.82, 2.24) is 0 Å². The van der Waals surface area contributed by atoms with Gasteiger partial charge in [0.1, 0.15) is 6.10 Å². The molecule has 1 saturated carbocycles. The molecule has 4 nitrogen and oxygen atoms in total. The molecule has 0 aromatic heterocycles. The Labute approximate surface area is 76.5 Å². The minimum Gasteiger partial charge on any atom is -0.462 e. The normalized spacial score (nSPS) is 44.3. The van der Waals surface area contributed by atoms with Gasteiger partial charge in [0.05, 0.1) is 6.10 Å². The van der Waals surface area contributed by atoms with Gasteiger partial charge in [-0.2, -0.15) is 0 Å². The van der Waals surface area contributed by atoms with Crippen LogP contribution in [0.2, 0.25) is 0 Å². The highest BCUT2D eigenvalue weighted by Gasteiger charge is 2.46. The number of carbonyl (C=O) groups is 1. The van der Waals surface area contributed by atoms with Crippen molar-refractivity contribution in [1.29, 1.82) is 0 Å². The third kappa shape index (κ3) is 1.44. The van der Waals surface area contributed by atoms with Crippen molar-refractivity contribution in [2.75, 3.05) is 6.61 Å². The second-order valence-electron chi connectivity index (χ2n) is 3.88. The number of fused-ring (bicyclic) bond motifs is 1. The molecule has 1 aliphatic carbocycles. The van der Waals surface area contributed by atoms with Crippen molar-refractivity contribution >= 4 is 5.97 Å². The van der Waals surface area contributed by atoms with E-state index in [4.69, 9.17) is 9.84 Å². The third-order valence-corrected chi connectivity index (χ3v) is 3.17. The number of ether oxygens (including phenoxy) is 1. The van der Waals surface area contributed by atoms with E-state index in [0.717, 1.165) is 6.42 Å². The van der Waals surface area contributed by atoms with Crippen molar-refractivity contribution < 1.29 is 19.7 Å². The molecule has 1 heterocycles. The molecule has 74 valence electrons. The predicted octanol–water partition coefficient (Wildman–Crippen LogP) is -0.319. The van der Waals surface area contributed by atoms with Crippen LogP contribution in [-0.4, -0.2) is 35.0 Å². The molecule has 1 aliphatic heterocycles. The van der Waals surface area contributed by atoms with Crippen LogP contribution in [0.15, 0.2) is 0 Å². The van der Waals surface area contributed by atoms with E-state index >= 15 is 0 Å². The number of rotatable bonds is 1. The molecule has 0 unspecified atom stereocenters. The highest BCUT2D eigenvalue weighted by Crippen LogP contribution is 2.39. The topological polar surface area (TPSA) is 66.8 Å². The predicted molar refractivity (Wildman–Crippen MR) is 43.8 cm³/mol.